The lowest BCUT2D eigenvalue weighted by molar-refractivity contribution is -0.384. The fourth-order valence-electron chi connectivity index (χ4n) is 2.58. The van der Waals surface area contributed by atoms with Crippen LogP contribution in [-0.2, 0) is 9.53 Å². The maximum atomic E-state index is 12.8. The molecule has 33 heavy (non-hydrogen) atoms. The first kappa shape index (κ1) is 24.9. The molecule has 0 bridgehead atoms. The summed E-state index contributed by atoms with van der Waals surface area (Å²) < 4.78 is 42.7. The van der Waals surface area contributed by atoms with Crippen molar-refractivity contribution in [1.82, 2.24) is 0 Å². The van der Waals surface area contributed by atoms with Gasteiger partial charge in [-0.2, -0.15) is 13.2 Å². The number of hydrogen-bond acceptors (Lipinski definition) is 6. The van der Waals surface area contributed by atoms with Gasteiger partial charge in [0.25, 0.3) is 5.69 Å². The van der Waals surface area contributed by atoms with Crippen molar-refractivity contribution >= 4 is 29.2 Å². The van der Waals surface area contributed by atoms with Crippen molar-refractivity contribution < 1.29 is 42.3 Å². The lowest BCUT2D eigenvalue weighted by Gasteiger charge is -2.12. The van der Waals surface area contributed by atoms with E-state index >= 15 is 0 Å². The maximum Gasteiger partial charge on any atom is 0.506 e. The molecule has 0 saturated heterocycles. The molecule has 2 aromatic rings. The summed E-state index contributed by atoms with van der Waals surface area (Å²) in [6.07, 6.45) is -8.06. The first-order valence-electron chi connectivity index (χ1n) is 9.09. The van der Waals surface area contributed by atoms with Crippen molar-refractivity contribution in [3.63, 3.8) is 0 Å². The predicted octanol–water partition coefficient (Wildman–Crippen LogP) is 4.15. The summed E-state index contributed by atoms with van der Waals surface area (Å²) in [6.45, 7) is 1.35. The lowest BCUT2D eigenvalue weighted by Crippen LogP contribution is -2.30. The molecule has 0 fully saturated rings. The van der Waals surface area contributed by atoms with E-state index in [1.807, 2.05) is 0 Å². The van der Waals surface area contributed by atoms with E-state index in [1.54, 1.807) is 18.2 Å². The van der Waals surface area contributed by atoms with Crippen molar-refractivity contribution in [2.24, 2.45) is 0 Å². The summed E-state index contributed by atoms with van der Waals surface area (Å²) in [5.41, 5.74) is -2.37. The molecule has 1 unspecified atom stereocenters. The summed E-state index contributed by atoms with van der Waals surface area (Å²) in [5, 5.41) is 21.6. The molecule has 0 saturated carbocycles. The first-order valence-corrected chi connectivity index (χ1v) is 9.09. The molecule has 0 heterocycles. The van der Waals surface area contributed by atoms with Gasteiger partial charge in [-0.05, 0) is 13.0 Å². The molecule has 0 spiro atoms. The van der Waals surface area contributed by atoms with Crippen LogP contribution in [0.15, 0.2) is 42.5 Å². The van der Waals surface area contributed by atoms with Crippen LogP contribution in [0, 0.1) is 22.0 Å². The monoisotopic (exact) mass is 464 g/mol. The number of carbonyl (C=O) groups excluding carboxylic acids is 2. The van der Waals surface area contributed by atoms with Crippen LogP contribution < -0.4 is 5.32 Å². The van der Waals surface area contributed by atoms with E-state index < -0.39 is 52.0 Å². The third-order valence-corrected chi connectivity index (χ3v) is 4.02. The number of nitro groups is 1. The number of benzene rings is 2. The molecule has 2 rings (SSSR count). The van der Waals surface area contributed by atoms with Crippen LogP contribution in [0.25, 0.3) is 0 Å². The van der Waals surface area contributed by atoms with Gasteiger partial charge in [0.05, 0.1) is 10.5 Å². The van der Waals surface area contributed by atoms with E-state index in [9.17, 15) is 37.7 Å². The molecule has 2 aromatic carbocycles. The van der Waals surface area contributed by atoms with Crippen LogP contribution in [0.5, 0.6) is 0 Å². The highest BCUT2D eigenvalue weighted by Crippen LogP contribution is 2.32. The smallest absolute Gasteiger partial charge is 0.450 e. The topological polar surface area (TPSA) is 136 Å². The zero-order valence-electron chi connectivity index (χ0n) is 16.8. The molecule has 9 nitrogen and oxygen atoms in total. The molecule has 172 valence electrons. The van der Waals surface area contributed by atoms with Crippen LogP contribution in [0.3, 0.4) is 0 Å². The molecule has 0 aliphatic carbocycles. The quantitative estimate of drug-likeness (QED) is 0.215. The van der Waals surface area contributed by atoms with E-state index in [2.05, 4.69) is 16.6 Å². The summed E-state index contributed by atoms with van der Waals surface area (Å²) in [6, 6.07) is 9.33. The van der Waals surface area contributed by atoms with Gasteiger partial charge in [0, 0.05) is 23.6 Å². The SMILES string of the molecule is CC(CC#Cc1cc(C(=O)c2ccccc2)cc([N+](=O)[O-])c1NC(=O)C(F)(F)F)OC(=O)O. The zero-order chi connectivity index (χ0) is 24.8. The second-order valence-corrected chi connectivity index (χ2v) is 6.52. The van der Waals surface area contributed by atoms with Crippen molar-refractivity contribution in [3.05, 3.63) is 69.3 Å². The van der Waals surface area contributed by atoms with Crippen molar-refractivity contribution in [1.29, 1.82) is 0 Å². The predicted molar refractivity (Wildman–Crippen MR) is 108 cm³/mol. The van der Waals surface area contributed by atoms with Crippen molar-refractivity contribution in [3.8, 4) is 11.8 Å². The Balaban J connectivity index is 2.61. The Morgan fingerprint density at radius 2 is 1.82 bits per heavy atom. The van der Waals surface area contributed by atoms with Crippen molar-refractivity contribution in [2.45, 2.75) is 25.6 Å². The molecule has 1 amide bonds. The van der Waals surface area contributed by atoms with Gasteiger partial charge in [-0.1, -0.05) is 42.2 Å². The second kappa shape index (κ2) is 10.3. The number of carboxylic acid groups (broad SMARTS) is 1. The molecule has 0 radical (unpaired) electrons. The van der Waals surface area contributed by atoms with Crippen LogP contribution in [0.2, 0.25) is 0 Å². The lowest BCUT2D eigenvalue weighted by atomic mass is 9.99. The largest absolute Gasteiger partial charge is 0.506 e. The van der Waals surface area contributed by atoms with Gasteiger partial charge in [-0.25, -0.2) is 4.79 Å². The molecule has 0 aliphatic heterocycles. The fourth-order valence-corrected chi connectivity index (χ4v) is 2.58. The Hall–Kier alpha value is -4.40. The number of halogens is 3. The Morgan fingerprint density at radius 1 is 1.18 bits per heavy atom. The third kappa shape index (κ3) is 6.79. The highest BCUT2D eigenvalue weighted by Gasteiger charge is 2.40. The summed E-state index contributed by atoms with van der Waals surface area (Å²) in [5.74, 6) is 1.64. The van der Waals surface area contributed by atoms with Gasteiger partial charge in [0.1, 0.15) is 11.8 Å². The van der Waals surface area contributed by atoms with Gasteiger partial charge < -0.3 is 15.2 Å². The van der Waals surface area contributed by atoms with E-state index in [1.165, 1.54) is 24.4 Å². The highest BCUT2D eigenvalue weighted by atomic mass is 19.4. The number of nitrogens with zero attached hydrogens (tertiary/aromatic N) is 1. The molecule has 2 N–H and O–H groups in total. The summed E-state index contributed by atoms with van der Waals surface area (Å²) >= 11 is 0. The van der Waals surface area contributed by atoms with Crippen LogP contribution >= 0.6 is 0 Å². The molecular formula is C21H15F3N2O7. The standard InChI is InChI=1S/C21H15F3N2O7/c1-12(33-20(29)30)6-5-9-14-10-15(18(27)13-7-3-2-4-8-13)11-16(26(31)32)17(14)25-19(28)21(22,23)24/h2-4,7-8,10-12H,6H2,1H3,(H,25,28)(H,29,30). The van der Waals surface area contributed by atoms with Gasteiger partial charge in [0.15, 0.2) is 5.78 Å². The summed E-state index contributed by atoms with van der Waals surface area (Å²) in [4.78, 5) is 45.2. The molecular weight excluding hydrogens is 449 g/mol. The number of hydrogen-bond donors (Lipinski definition) is 2. The van der Waals surface area contributed by atoms with E-state index in [0.29, 0.717) is 0 Å². The number of anilines is 1. The normalized spacial score (nSPS) is 11.5. The number of alkyl halides is 3. The number of ketones is 1. The highest BCUT2D eigenvalue weighted by molar-refractivity contribution is 6.10. The number of nitro benzene ring substituents is 1. The van der Waals surface area contributed by atoms with Crippen LogP contribution in [0.4, 0.5) is 29.3 Å². The Kier molecular flexibility index (Phi) is 7.74. The maximum absolute atomic E-state index is 12.8. The van der Waals surface area contributed by atoms with E-state index in [-0.39, 0.29) is 17.5 Å². The van der Waals surface area contributed by atoms with Gasteiger partial charge in [-0.15, -0.1) is 0 Å². The average Bonchev–Trinajstić information content (AvgIpc) is 2.73. The van der Waals surface area contributed by atoms with E-state index in [0.717, 1.165) is 12.1 Å². The number of amides is 1. The summed E-state index contributed by atoms with van der Waals surface area (Å²) in [7, 11) is 0. The number of nitrogens with one attached hydrogen (secondary N) is 1. The van der Waals surface area contributed by atoms with Crippen LogP contribution in [0.1, 0.15) is 34.8 Å². The van der Waals surface area contributed by atoms with E-state index in [4.69, 9.17) is 5.11 Å². The Morgan fingerprint density at radius 3 is 2.36 bits per heavy atom. The molecule has 12 heteroatoms. The third-order valence-electron chi connectivity index (χ3n) is 4.02. The van der Waals surface area contributed by atoms with Gasteiger partial charge >= 0.3 is 18.2 Å². The first-order chi connectivity index (χ1) is 15.4. The number of rotatable bonds is 6. The Bertz CT molecular complexity index is 1150. The van der Waals surface area contributed by atoms with Crippen LogP contribution in [-0.4, -0.2) is 40.2 Å². The van der Waals surface area contributed by atoms with Gasteiger partial charge in [0.2, 0.25) is 0 Å². The zero-order valence-corrected chi connectivity index (χ0v) is 16.8. The minimum absolute atomic E-state index is 0.154. The Labute approximate surface area is 184 Å². The number of carbonyl (C=O) groups is 3. The molecule has 0 aliphatic rings. The second-order valence-electron chi connectivity index (χ2n) is 6.52. The molecule has 0 aromatic heterocycles. The number of ether oxygens (including phenoxy) is 1. The fraction of sp³-hybridized carbons (Fsp3) is 0.190. The average molecular weight is 464 g/mol. The minimum atomic E-state index is -5.35. The van der Waals surface area contributed by atoms with Gasteiger partial charge in [-0.3, -0.25) is 19.7 Å². The minimum Gasteiger partial charge on any atom is -0.450 e. The van der Waals surface area contributed by atoms with Crippen molar-refractivity contribution in [2.75, 3.05) is 5.32 Å². The molecule has 1 atom stereocenters.